The van der Waals surface area contributed by atoms with Gasteiger partial charge in [0.2, 0.25) is 0 Å². The van der Waals surface area contributed by atoms with E-state index < -0.39 is 5.72 Å². The van der Waals surface area contributed by atoms with Crippen molar-refractivity contribution in [3.63, 3.8) is 0 Å². The molecule has 23 heavy (non-hydrogen) atoms. The largest absolute Gasteiger partial charge is 0.392 e. The van der Waals surface area contributed by atoms with Gasteiger partial charge in [-0.3, -0.25) is 5.32 Å². The molecule has 0 atom stereocenters. The zero-order chi connectivity index (χ0) is 18.0. The fraction of sp³-hybridized carbons (Fsp3) is 0.579. The Labute approximate surface area is 142 Å². The van der Waals surface area contributed by atoms with Gasteiger partial charge in [-0.15, -0.1) is 6.58 Å². The Morgan fingerprint density at radius 1 is 1.13 bits per heavy atom. The van der Waals surface area contributed by atoms with Crippen LogP contribution in [0.5, 0.6) is 0 Å². The van der Waals surface area contributed by atoms with Crippen LogP contribution in [-0.2, 0) is 0 Å². The van der Waals surface area contributed by atoms with Crippen molar-refractivity contribution in [2.45, 2.75) is 46.3 Å². The molecule has 1 aromatic rings. The summed E-state index contributed by atoms with van der Waals surface area (Å²) in [5, 5.41) is 23.4. The van der Waals surface area contributed by atoms with E-state index in [1.165, 1.54) is 18.1 Å². The fourth-order valence-corrected chi connectivity index (χ4v) is 1.44. The summed E-state index contributed by atoms with van der Waals surface area (Å²) >= 11 is 0. The summed E-state index contributed by atoms with van der Waals surface area (Å²) in [4.78, 5) is 0. The molecule has 0 spiro atoms. The molecule has 4 N–H and O–H groups in total. The molecule has 0 saturated heterocycles. The molecule has 0 radical (unpaired) electrons. The Morgan fingerprint density at radius 2 is 1.70 bits per heavy atom. The van der Waals surface area contributed by atoms with E-state index in [2.05, 4.69) is 43.2 Å². The van der Waals surface area contributed by atoms with Crippen molar-refractivity contribution >= 4 is 0 Å². The maximum absolute atomic E-state index is 9.29. The normalized spacial score (nSPS) is 10.0. The molecular weight excluding hydrogens is 288 g/mol. The van der Waals surface area contributed by atoms with E-state index in [0.717, 1.165) is 26.1 Å². The van der Waals surface area contributed by atoms with E-state index in [9.17, 15) is 5.11 Å². The average molecular weight is 325 g/mol. The Bertz CT molecular complexity index is 348. The lowest BCUT2D eigenvalue weighted by Crippen LogP contribution is -2.40. The van der Waals surface area contributed by atoms with Crippen molar-refractivity contribution in [3.05, 3.63) is 48.6 Å². The third kappa shape index (κ3) is 26.0. The van der Waals surface area contributed by atoms with Gasteiger partial charge in [-0.05, 0) is 53.2 Å². The van der Waals surface area contributed by atoms with Crippen LogP contribution in [0.4, 0.5) is 0 Å². The number of hydrogen-bond donors (Lipinski definition) is 4. The van der Waals surface area contributed by atoms with Crippen molar-refractivity contribution in [3.8, 4) is 0 Å². The monoisotopic (exact) mass is 324 g/mol. The van der Waals surface area contributed by atoms with Gasteiger partial charge < -0.3 is 15.5 Å². The Hall–Kier alpha value is -1.20. The molecule has 0 aliphatic heterocycles. The molecule has 1 rings (SSSR count). The first-order valence-corrected chi connectivity index (χ1v) is 8.28. The molecule has 0 fully saturated rings. The summed E-state index contributed by atoms with van der Waals surface area (Å²) < 4.78 is 0. The molecule has 0 unspecified atom stereocenters. The van der Waals surface area contributed by atoms with Gasteiger partial charge in [0.25, 0.3) is 0 Å². The van der Waals surface area contributed by atoms with Gasteiger partial charge in [0.1, 0.15) is 5.72 Å². The quantitative estimate of drug-likeness (QED) is 0.337. The Kier molecular flexibility index (Phi) is 17.9. The van der Waals surface area contributed by atoms with Crippen LogP contribution >= 0.6 is 0 Å². The lowest BCUT2D eigenvalue weighted by atomic mass is 10.2. The lowest BCUT2D eigenvalue weighted by Gasteiger charge is -2.18. The highest BCUT2D eigenvalue weighted by Gasteiger charge is 2.08. The van der Waals surface area contributed by atoms with Gasteiger partial charge in [0, 0.05) is 0 Å². The zero-order valence-corrected chi connectivity index (χ0v) is 15.3. The summed E-state index contributed by atoms with van der Waals surface area (Å²) in [5.41, 5.74) is 0.590. The number of aliphatic hydroxyl groups is 2. The summed E-state index contributed by atoms with van der Waals surface area (Å²) in [6.45, 7) is 14.0. The second-order valence-corrected chi connectivity index (χ2v) is 5.72. The number of aliphatic hydroxyl groups excluding tert-OH is 1. The topological polar surface area (TPSA) is 64.5 Å². The van der Waals surface area contributed by atoms with E-state index in [-0.39, 0.29) is 6.61 Å². The molecule has 0 aromatic heterocycles. The van der Waals surface area contributed by atoms with E-state index in [4.69, 9.17) is 5.11 Å². The van der Waals surface area contributed by atoms with E-state index >= 15 is 0 Å². The van der Waals surface area contributed by atoms with E-state index in [1.54, 1.807) is 13.8 Å². The molecule has 4 heteroatoms. The van der Waals surface area contributed by atoms with Gasteiger partial charge in [0.05, 0.1) is 6.61 Å². The summed E-state index contributed by atoms with van der Waals surface area (Å²) in [6.07, 6.45) is 3.67. The van der Waals surface area contributed by atoms with Gasteiger partial charge in [-0.25, -0.2) is 0 Å². The third-order valence-electron chi connectivity index (χ3n) is 2.58. The average Bonchev–Trinajstić information content (AvgIpc) is 2.51. The maximum Gasteiger partial charge on any atom is 0.110 e. The molecule has 1 aromatic carbocycles. The molecule has 0 bridgehead atoms. The Morgan fingerprint density at radius 3 is 2.04 bits per heavy atom. The van der Waals surface area contributed by atoms with Crippen molar-refractivity contribution < 1.29 is 10.2 Å². The van der Waals surface area contributed by atoms with Crippen LogP contribution < -0.4 is 10.6 Å². The number of hydrogen-bond acceptors (Lipinski definition) is 4. The molecule has 0 amide bonds. The molecule has 0 saturated carbocycles. The van der Waals surface area contributed by atoms with Gasteiger partial charge in [0.15, 0.2) is 0 Å². The number of rotatable bonds is 8. The van der Waals surface area contributed by atoms with Crippen LogP contribution in [0.3, 0.4) is 0 Å². The Balaban J connectivity index is 0. The van der Waals surface area contributed by atoms with Crippen LogP contribution in [0.25, 0.3) is 0 Å². The van der Waals surface area contributed by atoms with Crippen molar-refractivity contribution in [1.29, 1.82) is 0 Å². The molecule has 134 valence electrons. The predicted molar refractivity (Wildman–Crippen MR) is 101 cm³/mol. The molecular formula is C19H36N2O2. The molecule has 0 aliphatic rings. The minimum absolute atomic E-state index is 0.0833. The first-order valence-electron chi connectivity index (χ1n) is 8.28. The van der Waals surface area contributed by atoms with Crippen molar-refractivity contribution in [2.24, 2.45) is 0 Å². The third-order valence-corrected chi connectivity index (χ3v) is 2.58. The minimum atomic E-state index is -0.731. The SMILES string of the molecule is C=CCO.CCCNCCCNC(C)(C)O.Cc1ccccc1. The van der Waals surface area contributed by atoms with Crippen molar-refractivity contribution in [2.75, 3.05) is 26.2 Å². The van der Waals surface area contributed by atoms with Gasteiger partial charge in [-0.2, -0.15) is 0 Å². The highest BCUT2D eigenvalue weighted by atomic mass is 16.3. The van der Waals surface area contributed by atoms with Crippen LogP contribution in [0.15, 0.2) is 43.0 Å². The van der Waals surface area contributed by atoms with Crippen LogP contribution in [0.2, 0.25) is 0 Å². The minimum Gasteiger partial charge on any atom is -0.392 e. The number of nitrogens with one attached hydrogen (secondary N) is 2. The first-order chi connectivity index (χ1) is 10.9. The molecule has 4 nitrogen and oxygen atoms in total. The smallest absolute Gasteiger partial charge is 0.110 e. The van der Waals surface area contributed by atoms with E-state index in [1.807, 2.05) is 18.2 Å². The first kappa shape index (κ1) is 24.1. The second-order valence-electron chi connectivity index (χ2n) is 5.72. The summed E-state index contributed by atoms with van der Waals surface area (Å²) in [6, 6.07) is 10.3. The number of aryl methyl sites for hydroxylation is 1. The van der Waals surface area contributed by atoms with Crippen LogP contribution in [0.1, 0.15) is 39.2 Å². The molecule has 0 aliphatic carbocycles. The predicted octanol–water partition coefficient (Wildman–Crippen LogP) is 2.85. The van der Waals surface area contributed by atoms with Gasteiger partial charge >= 0.3 is 0 Å². The maximum atomic E-state index is 9.29. The lowest BCUT2D eigenvalue weighted by molar-refractivity contribution is 0.0437. The second kappa shape index (κ2) is 17.2. The van der Waals surface area contributed by atoms with Crippen molar-refractivity contribution in [1.82, 2.24) is 10.6 Å². The van der Waals surface area contributed by atoms with E-state index in [0.29, 0.717) is 0 Å². The summed E-state index contributed by atoms with van der Waals surface area (Å²) in [5.74, 6) is 0. The van der Waals surface area contributed by atoms with Gasteiger partial charge in [-0.1, -0.05) is 48.9 Å². The fourth-order valence-electron chi connectivity index (χ4n) is 1.44. The highest BCUT2D eigenvalue weighted by Crippen LogP contribution is 1.93. The summed E-state index contributed by atoms with van der Waals surface area (Å²) in [7, 11) is 0. The number of benzene rings is 1. The standard InChI is InChI=1S/C9H22N2O.C7H8.C3H6O/c1-4-6-10-7-5-8-11-9(2,3)12;1-7-5-3-2-4-6-7;1-2-3-4/h10-12H,4-8H2,1-3H3;2-6H,1H3;2,4H,1,3H2. The zero-order valence-electron chi connectivity index (χ0n) is 15.3. The highest BCUT2D eigenvalue weighted by molar-refractivity contribution is 5.11. The molecule has 0 heterocycles. The van der Waals surface area contributed by atoms with Crippen LogP contribution in [0, 0.1) is 6.92 Å². The van der Waals surface area contributed by atoms with Crippen LogP contribution in [-0.4, -0.2) is 42.2 Å².